The lowest BCUT2D eigenvalue weighted by atomic mass is 10.0. The van der Waals surface area contributed by atoms with Gasteiger partial charge in [0.2, 0.25) is 0 Å². The molecule has 0 spiro atoms. The molecule has 1 aromatic carbocycles. The van der Waals surface area contributed by atoms with Crippen LogP contribution in [0.2, 0.25) is 0 Å². The van der Waals surface area contributed by atoms with Crippen LogP contribution in [0.3, 0.4) is 0 Å². The molecule has 1 aromatic heterocycles. The van der Waals surface area contributed by atoms with E-state index in [4.69, 9.17) is 10.5 Å². The van der Waals surface area contributed by atoms with Crippen LogP contribution in [0.15, 0.2) is 28.7 Å². The van der Waals surface area contributed by atoms with E-state index in [0.29, 0.717) is 6.61 Å². The van der Waals surface area contributed by atoms with Crippen molar-refractivity contribution in [2.45, 2.75) is 39.8 Å². The van der Waals surface area contributed by atoms with Gasteiger partial charge in [0.1, 0.15) is 12.4 Å². The molecule has 21 heavy (non-hydrogen) atoms. The molecule has 2 aromatic rings. The van der Waals surface area contributed by atoms with Gasteiger partial charge in [-0.1, -0.05) is 28.9 Å². The fourth-order valence-corrected chi connectivity index (χ4v) is 2.85. The summed E-state index contributed by atoms with van der Waals surface area (Å²) in [4.78, 5) is 0. The standard InChI is InChI=1S/C16H22BrN3O/c1-4-15(18)16-11(2)19-20(12(16)3)8-9-21-14-7-5-6-13(17)10-14/h5-7,10,15H,4,8-9,18H2,1-3H3. The van der Waals surface area contributed by atoms with Gasteiger partial charge in [-0.2, -0.15) is 5.10 Å². The van der Waals surface area contributed by atoms with Crippen molar-refractivity contribution in [3.05, 3.63) is 45.7 Å². The SMILES string of the molecule is CCC(N)c1c(C)nn(CCOc2cccc(Br)c2)c1C. The minimum Gasteiger partial charge on any atom is -0.492 e. The van der Waals surface area contributed by atoms with E-state index in [0.717, 1.165) is 34.6 Å². The van der Waals surface area contributed by atoms with Gasteiger partial charge in [-0.25, -0.2) is 0 Å². The molecular weight excluding hydrogens is 330 g/mol. The van der Waals surface area contributed by atoms with E-state index in [1.165, 1.54) is 5.56 Å². The second-order valence-electron chi connectivity index (χ2n) is 5.13. The zero-order chi connectivity index (χ0) is 15.4. The van der Waals surface area contributed by atoms with Crippen molar-refractivity contribution in [2.24, 2.45) is 5.73 Å². The Morgan fingerprint density at radius 3 is 2.81 bits per heavy atom. The fourth-order valence-electron chi connectivity index (χ4n) is 2.48. The summed E-state index contributed by atoms with van der Waals surface area (Å²) >= 11 is 3.44. The number of nitrogens with zero attached hydrogens (tertiary/aromatic N) is 2. The third-order valence-electron chi connectivity index (χ3n) is 3.62. The van der Waals surface area contributed by atoms with Crippen LogP contribution in [0, 0.1) is 13.8 Å². The Morgan fingerprint density at radius 1 is 1.38 bits per heavy atom. The molecule has 0 aliphatic rings. The van der Waals surface area contributed by atoms with Crippen LogP contribution in [0.5, 0.6) is 5.75 Å². The molecule has 0 aliphatic heterocycles. The van der Waals surface area contributed by atoms with E-state index in [-0.39, 0.29) is 6.04 Å². The highest BCUT2D eigenvalue weighted by atomic mass is 79.9. The van der Waals surface area contributed by atoms with Gasteiger partial charge in [0.05, 0.1) is 12.2 Å². The number of aryl methyl sites for hydroxylation is 1. The zero-order valence-corrected chi connectivity index (χ0v) is 14.4. The van der Waals surface area contributed by atoms with Crippen LogP contribution in [0.1, 0.15) is 36.3 Å². The van der Waals surface area contributed by atoms with Crippen LogP contribution in [0.25, 0.3) is 0 Å². The third kappa shape index (κ3) is 3.86. The summed E-state index contributed by atoms with van der Waals surface area (Å²) in [5.74, 6) is 0.858. The molecule has 0 fully saturated rings. The Hall–Kier alpha value is -1.33. The molecule has 1 unspecified atom stereocenters. The first-order valence-electron chi connectivity index (χ1n) is 7.20. The first-order chi connectivity index (χ1) is 10.0. The van der Waals surface area contributed by atoms with Crippen molar-refractivity contribution < 1.29 is 4.74 Å². The number of halogens is 1. The number of rotatable bonds is 6. The smallest absolute Gasteiger partial charge is 0.120 e. The van der Waals surface area contributed by atoms with Gasteiger partial charge in [0.25, 0.3) is 0 Å². The monoisotopic (exact) mass is 351 g/mol. The molecule has 5 heteroatoms. The first kappa shape index (κ1) is 16.0. The second-order valence-corrected chi connectivity index (χ2v) is 6.04. The molecule has 1 heterocycles. The van der Waals surface area contributed by atoms with Crippen LogP contribution in [-0.4, -0.2) is 16.4 Å². The third-order valence-corrected chi connectivity index (χ3v) is 4.11. The second kappa shape index (κ2) is 7.09. The van der Waals surface area contributed by atoms with Gasteiger partial charge in [-0.15, -0.1) is 0 Å². The highest BCUT2D eigenvalue weighted by Gasteiger charge is 2.16. The average Bonchev–Trinajstić information content (AvgIpc) is 2.73. The van der Waals surface area contributed by atoms with Gasteiger partial charge in [0.15, 0.2) is 0 Å². The Bertz CT molecular complexity index is 610. The molecule has 0 bridgehead atoms. The van der Waals surface area contributed by atoms with Gasteiger partial charge >= 0.3 is 0 Å². The maximum absolute atomic E-state index is 6.16. The minimum atomic E-state index is 0.0600. The summed E-state index contributed by atoms with van der Waals surface area (Å²) in [5, 5.41) is 4.58. The van der Waals surface area contributed by atoms with Gasteiger partial charge in [0, 0.05) is 21.8 Å². The van der Waals surface area contributed by atoms with Crippen LogP contribution < -0.4 is 10.5 Å². The van der Waals surface area contributed by atoms with E-state index < -0.39 is 0 Å². The largest absolute Gasteiger partial charge is 0.492 e. The van der Waals surface area contributed by atoms with Crippen LogP contribution in [-0.2, 0) is 6.54 Å². The number of aromatic nitrogens is 2. The summed E-state index contributed by atoms with van der Waals surface area (Å²) in [6, 6.07) is 7.90. The van der Waals surface area contributed by atoms with Crippen molar-refractivity contribution >= 4 is 15.9 Å². The van der Waals surface area contributed by atoms with Gasteiger partial charge in [-0.3, -0.25) is 4.68 Å². The normalized spacial score (nSPS) is 12.4. The van der Waals surface area contributed by atoms with E-state index in [1.807, 2.05) is 35.9 Å². The molecule has 0 radical (unpaired) electrons. The van der Waals surface area contributed by atoms with E-state index in [2.05, 4.69) is 34.9 Å². The average molecular weight is 352 g/mol. The maximum atomic E-state index is 6.16. The van der Waals surface area contributed by atoms with Gasteiger partial charge in [-0.05, 0) is 38.5 Å². The lowest BCUT2D eigenvalue weighted by Crippen LogP contribution is -2.13. The maximum Gasteiger partial charge on any atom is 0.120 e. The van der Waals surface area contributed by atoms with Crippen molar-refractivity contribution in [1.82, 2.24) is 9.78 Å². The Labute approximate surface area is 134 Å². The van der Waals surface area contributed by atoms with Crippen molar-refractivity contribution in [3.63, 3.8) is 0 Å². The quantitative estimate of drug-likeness (QED) is 0.861. The lowest BCUT2D eigenvalue weighted by molar-refractivity contribution is 0.289. The number of ether oxygens (including phenoxy) is 1. The number of hydrogen-bond donors (Lipinski definition) is 1. The van der Waals surface area contributed by atoms with Crippen LogP contribution >= 0.6 is 15.9 Å². The fraction of sp³-hybridized carbons (Fsp3) is 0.438. The number of benzene rings is 1. The summed E-state index contributed by atoms with van der Waals surface area (Å²) in [5.41, 5.74) is 9.48. The predicted molar refractivity (Wildman–Crippen MR) is 88.6 cm³/mol. The predicted octanol–water partition coefficient (Wildman–Crippen LogP) is 3.75. The molecule has 1 atom stereocenters. The lowest BCUT2D eigenvalue weighted by Gasteiger charge is -2.11. The number of nitrogens with two attached hydrogens (primary N) is 1. The molecule has 0 saturated carbocycles. The highest BCUT2D eigenvalue weighted by molar-refractivity contribution is 9.10. The van der Waals surface area contributed by atoms with E-state index in [9.17, 15) is 0 Å². The van der Waals surface area contributed by atoms with Crippen molar-refractivity contribution in [1.29, 1.82) is 0 Å². The van der Waals surface area contributed by atoms with Crippen molar-refractivity contribution in [2.75, 3.05) is 6.61 Å². The first-order valence-corrected chi connectivity index (χ1v) is 8.00. The molecule has 0 amide bonds. The molecule has 4 nitrogen and oxygen atoms in total. The summed E-state index contributed by atoms with van der Waals surface area (Å²) in [6.45, 7) is 7.49. The molecule has 2 rings (SSSR count). The van der Waals surface area contributed by atoms with E-state index in [1.54, 1.807) is 0 Å². The van der Waals surface area contributed by atoms with Crippen molar-refractivity contribution in [3.8, 4) is 5.75 Å². The topological polar surface area (TPSA) is 53.1 Å². The highest BCUT2D eigenvalue weighted by Crippen LogP contribution is 2.22. The molecule has 0 saturated heterocycles. The molecule has 0 aliphatic carbocycles. The molecule has 2 N–H and O–H groups in total. The Balaban J connectivity index is 2.01. The Kier molecular flexibility index (Phi) is 5.42. The zero-order valence-electron chi connectivity index (χ0n) is 12.8. The summed E-state index contributed by atoms with van der Waals surface area (Å²) < 4.78 is 8.76. The van der Waals surface area contributed by atoms with Crippen LogP contribution in [0.4, 0.5) is 0 Å². The number of hydrogen-bond acceptors (Lipinski definition) is 3. The molecule has 114 valence electrons. The Morgan fingerprint density at radius 2 is 2.14 bits per heavy atom. The minimum absolute atomic E-state index is 0.0600. The van der Waals surface area contributed by atoms with Gasteiger partial charge < -0.3 is 10.5 Å². The van der Waals surface area contributed by atoms with E-state index >= 15 is 0 Å². The summed E-state index contributed by atoms with van der Waals surface area (Å²) in [7, 11) is 0. The molecular formula is C16H22BrN3O. The summed E-state index contributed by atoms with van der Waals surface area (Å²) in [6.07, 6.45) is 0.919.